The van der Waals surface area contributed by atoms with E-state index in [0.717, 1.165) is 0 Å². The fourth-order valence-electron chi connectivity index (χ4n) is 2.64. The van der Waals surface area contributed by atoms with Crippen molar-refractivity contribution in [3.8, 4) is 11.5 Å². The van der Waals surface area contributed by atoms with Gasteiger partial charge in [-0.05, 0) is 30.7 Å². The molecule has 3 rings (SSSR count). The third-order valence-electron chi connectivity index (χ3n) is 4.04. The molecule has 10 heteroatoms. The minimum Gasteiger partial charge on any atom is -0.483 e. The van der Waals surface area contributed by atoms with Crippen LogP contribution in [0, 0.1) is 6.92 Å². The van der Waals surface area contributed by atoms with E-state index >= 15 is 0 Å². The SMILES string of the molecule is Cc1ccncc1O[C@H]1[C@H](O)[C@@H](Oc2ccccc2)OC(S(=O)(=O)O)[C@@H]1O. The standard InChI is InChI=1S/C17H19NO8S/c1-10-7-8-18-9-12(10)25-15-13(19)16(24-11-5-3-2-4-6-11)26-17(14(15)20)27(21,22)23/h2-9,13-17,19-20H,1H3,(H,21,22,23)/t13-,14+,15-,16-,17?/m0/s1. The second kappa shape index (κ2) is 7.79. The molecule has 1 saturated heterocycles. The molecular weight excluding hydrogens is 378 g/mol. The monoisotopic (exact) mass is 397 g/mol. The van der Waals surface area contributed by atoms with Crippen LogP contribution in [0.15, 0.2) is 48.8 Å². The van der Waals surface area contributed by atoms with Crippen molar-refractivity contribution < 1.29 is 37.4 Å². The number of pyridine rings is 1. The zero-order valence-corrected chi connectivity index (χ0v) is 15.1. The number of aliphatic hydroxyl groups is 2. The lowest BCUT2D eigenvalue weighted by Gasteiger charge is -2.40. The predicted octanol–water partition coefficient (Wildman–Crippen LogP) is 0.508. The van der Waals surface area contributed by atoms with Crippen LogP contribution in [0.2, 0.25) is 0 Å². The van der Waals surface area contributed by atoms with Crippen molar-refractivity contribution in [2.45, 2.75) is 37.0 Å². The smallest absolute Gasteiger partial charge is 0.295 e. The van der Waals surface area contributed by atoms with E-state index in [2.05, 4.69) is 4.98 Å². The Kier molecular flexibility index (Phi) is 5.63. The summed E-state index contributed by atoms with van der Waals surface area (Å²) in [6.45, 7) is 1.72. The van der Waals surface area contributed by atoms with E-state index in [9.17, 15) is 23.2 Å². The second-order valence-corrected chi connectivity index (χ2v) is 7.52. The van der Waals surface area contributed by atoms with Gasteiger partial charge in [0.2, 0.25) is 11.7 Å². The molecule has 0 aliphatic carbocycles. The molecular formula is C17H19NO8S. The molecule has 0 bridgehead atoms. The van der Waals surface area contributed by atoms with Gasteiger partial charge in [-0.15, -0.1) is 0 Å². The average Bonchev–Trinajstić information content (AvgIpc) is 2.62. The molecule has 3 N–H and O–H groups in total. The fraction of sp³-hybridized carbons (Fsp3) is 0.353. The van der Waals surface area contributed by atoms with Crippen molar-refractivity contribution in [1.82, 2.24) is 4.98 Å². The Morgan fingerprint density at radius 3 is 2.41 bits per heavy atom. The summed E-state index contributed by atoms with van der Waals surface area (Å²) in [4.78, 5) is 3.90. The summed E-state index contributed by atoms with van der Waals surface area (Å²) in [5.41, 5.74) is -1.41. The summed E-state index contributed by atoms with van der Waals surface area (Å²) in [6, 6.07) is 9.88. The number of aromatic nitrogens is 1. The largest absolute Gasteiger partial charge is 0.483 e. The lowest BCUT2D eigenvalue weighted by molar-refractivity contribution is -0.249. The zero-order valence-electron chi connectivity index (χ0n) is 14.2. The Morgan fingerprint density at radius 1 is 1.07 bits per heavy atom. The number of rotatable bonds is 5. The molecule has 27 heavy (non-hydrogen) atoms. The molecule has 9 nitrogen and oxygen atoms in total. The van der Waals surface area contributed by atoms with Crippen LogP contribution in [-0.4, -0.2) is 58.2 Å². The molecule has 0 radical (unpaired) electrons. The second-order valence-electron chi connectivity index (χ2n) is 6.02. The lowest BCUT2D eigenvalue weighted by Crippen LogP contribution is -2.62. The molecule has 0 saturated carbocycles. The van der Waals surface area contributed by atoms with Gasteiger partial charge in [-0.25, -0.2) is 0 Å². The Bertz CT molecular complexity index is 876. The van der Waals surface area contributed by atoms with Crippen molar-refractivity contribution in [2.75, 3.05) is 0 Å². The van der Waals surface area contributed by atoms with Crippen LogP contribution in [0.3, 0.4) is 0 Å². The summed E-state index contributed by atoms with van der Waals surface area (Å²) < 4.78 is 48.9. The Hall–Kier alpha value is -2.24. The fourth-order valence-corrected chi connectivity index (χ4v) is 3.40. The molecule has 1 aliphatic rings. The van der Waals surface area contributed by atoms with Crippen molar-refractivity contribution in [3.05, 3.63) is 54.4 Å². The van der Waals surface area contributed by atoms with Gasteiger partial charge in [0.15, 0.2) is 12.2 Å². The van der Waals surface area contributed by atoms with Crippen molar-refractivity contribution in [3.63, 3.8) is 0 Å². The first kappa shape index (κ1) is 19.5. The van der Waals surface area contributed by atoms with E-state index in [1.54, 1.807) is 43.3 Å². The predicted molar refractivity (Wildman–Crippen MR) is 92.7 cm³/mol. The number of aryl methyl sites for hydroxylation is 1. The van der Waals surface area contributed by atoms with E-state index in [-0.39, 0.29) is 5.75 Å². The number of benzene rings is 1. The topological polar surface area (TPSA) is 135 Å². The maximum Gasteiger partial charge on any atom is 0.295 e. The van der Waals surface area contributed by atoms with Gasteiger partial charge in [-0.2, -0.15) is 8.42 Å². The Labute approximate surface area is 155 Å². The third kappa shape index (κ3) is 4.37. The average molecular weight is 397 g/mol. The van der Waals surface area contributed by atoms with Crippen LogP contribution in [0.4, 0.5) is 0 Å². The number of hydrogen-bond donors (Lipinski definition) is 3. The van der Waals surface area contributed by atoms with Gasteiger partial charge in [-0.3, -0.25) is 9.54 Å². The molecule has 146 valence electrons. The maximum atomic E-state index is 11.6. The van der Waals surface area contributed by atoms with Crippen molar-refractivity contribution >= 4 is 10.1 Å². The molecule has 1 aliphatic heterocycles. The molecule has 2 aromatic rings. The number of aliphatic hydroxyl groups excluding tert-OH is 2. The molecule has 5 atom stereocenters. The number of hydrogen-bond acceptors (Lipinski definition) is 8. The summed E-state index contributed by atoms with van der Waals surface area (Å²) in [6.07, 6.45) is -3.50. The van der Waals surface area contributed by atoms with Crippen molar-refractivity contribution in [1.29, 1.82) is 0 Å². The molecule has 0 spiro atoms. The summed E-state index contributed by atoms with van der Waals surface area (Å²) in [7, 11) is -4.82. The highest BCUT2D eigenvalue weighted by Crippen LogP contribution is 2.30. The van der Waals surface area contributed by atoms with E-state index in [1.165, 1.54) is 12.4 Å². The number of nitrogens with zero attached hydrogens (tertiary/aromatic N) is 1. The molecule has 1 aromatic carbocycles. The first-order chi connectivity index (χ1) is 12.8. The summed E-state index contributed by atoms with van der Waals surface area (Å²) in [5, 5.41) is 20.9. The van der Waals surface area contributed by atoms with Crippen LogP contribution >= 0.6 is 0 Å². The van der Waals surface area contributed by atoms with E-state index < -0.39 is 40.2 Å². The lowest BCUT2D eigenvalue weighted by atomic mass is 10.0. The van der Waals surface area contributed by atoms with E-state index in [4.69, 9.17) is 14.2 Å². The molecule has 0 amide bonds. The summed E-state index contributed by atoms with van der Waals surface area (Å²) >= 11 is 0. The maximum absolute atomic E-state index is 11.6. The van der Waals surface area contributed by atoms with Crippen molar-refractivity contribution in [2.24, 2.45) is 0 Å². The highest BCUT2D eigenvalue weighted by molar-refractivity contribution is 7.86. The minimum atomic E-state index is -4.82. The van der Waals surface area contributed by atoms with Gasteiger partial charge in [0.25, 0.3) is 10.1 Å². The van der Waals surface area contributed by atoms with Gasteiger partial charge in [0, 0.05) is 6.20 Å². The van der Waals surface area contributed by atoms with Crippen LogP contribution in [0.5, 0.6) is 11.5 Å². The van der Waals surface area contributed by atoms with Gasteiger partial charge in [0.1, 0.15) is 17.6 Å². The van der Waals surface area contributed by atoms with Crippen LogP contribution < -0.4 is 9.47 Å². The van der Waals surface area contributed by atoms with Crippen LogP contribution in [0.1, 0.15) is 5.56 Å². The van der Waals surface area contributed by atoms with Crippen LogP contribution in [-0.2, 0) is 14.9 Å². The number of para-hydroxylation sites is 1. The molecule has 1 fully saturated rings. The van der Waals surface area contributed by atoms with E-state index in [1.807, 2.05) is 0 Å². The Morgan fingerprint density at radius 2 is 1.78 bits per heavy atom. The van der Waals surface area contributed by atoms with Gasteiger partial charge >= 0.3 is 0 Å². The first-order valence-electron chi connectivity index (χ1n) is 8.04. The Balaban J connectivity index is 1.90. The number of ether oxygens (including phenoxy) is 3. The van der Waals surface area contributed by atoms with Gasteiger partial charge < -0.3 is 24.4 Å². The van der Waals surface area contributed by atoms with Gasteiger partial charge in [-0.1, -0.05) is 18.2 Å². The molecule has 1 aromatic heterocycles. The third-order valence-corrected chi connectivity index (χ3v) is 5.02. The normalized spacial score (nSPS) is 28.5. The van der Waals surface area contributed by atoms with Gasteiger partial charge in [0.05, 0.1) is 6.20 Å². The highest BCUT2D eigenvalue weighted by Gasteiger charge is 2.52. The quantitative estimate of drug-likeness (QED) is 0.617. The molecule has 2 heterocycles. The first-order valence-corrected chi connectivity index (χ1v) is 9.54. The molecule has 1 unspecified atom stereocenters. The zero-order chi connectivity index (χ0) is 19.6. The summed E-state index contributed by atoms with van der Waals surface area (Å²) in [5.74, 6) is 0.526. The van der Waals surface area contributed by atoms with E-state index in [0.29, 0.717) is 11.3 Å². The minimum absolute atomic E-state index is 0.232. The van der Waals surface area contributed by atoms with Crippen LogP contribution in [0.25, 0.3) is 0 Å². The highest BCUT2D eigenvalue weighted by atomic mass is 32.2.